The van der Waals surface area contributed by atoms with E-state index in [0.717, 1.165) is 0 Å². The van der Waals surface area contributed by atoms with Crippen LogP contribution >= 0.6 is 15.9 Å². The Labute approximate surface area is 210 Å². The van der Waals surface area contributed by atoms with Gasteiger partial charge in [0.1, 0.15) is 0 Å². The van der Waals surface area contributed by atoms with Crippen molar-refractivity contribution in [1.82, 2.24) is 0 Å². The van der Waals surface area contributed by atoms with Crippen LogP contribution < -0.4 is 0 Å². The first-order chi connectivity index (χ1) is 16.8. The number of benzene rings is 4. The Morgan fingerprint density at radius 1 is 0.657 bits per heavy atom. The quantitative estimate of drug-likeness (QED) is 0.174. The molecule has 0 amide bonds. The fourth-order valence-corrected chi connectivity index (χ4v) is 4.16. The summed E-state index contributed by atoms with van der Waals surface area (Å²) in [6.07, 6.45) is -5.73. The zero-order valence-corrected chi connectivity index (χ0v) is 20.1. The van der Waals surface area contributed by atoms with E-state index in [1.165, 1.54) is 36.4 Å². The minimum absolute atomic E-state index is 0.109. The minimum atomic E-state index is -4.86. The molecule has 0 saturated heterocycles. The lowest BCUT2D eigenvalue weighted by atomic mass is 9.82. The molecule has 176 valence electrons. The normalized spacial score (nSPS) is 13.0. The van der Waals surface area contributed by atoms with Gasteiger partial charge in [-0.05, 0) is 17.7 Å². The number of nitrogens with zero attached hydrogens (tertiary/aromatic N) is 1. The van der Waals surface area contributed by atoms with Gasteiger partial charge in [-0.25, -0.2) is 0 Å². The fraction of sp³-hybridized carbons (Fsp3) is 0.103. The maximum atomic E-state index is 15.2. The number of ketones is 1. The van der Waals surface area contributed by atoms with Crippen molar-refractivity contribution in [2.24, 2.45) is 4.99 Å². The number of aliphatic imine (C=N–C) groups is 1. The average molecular weight is 536 g/mol. The molecule has 35 heavy (non-hydrogen) atoms. The molecule has 4 aromatic rings. The molecule has 4 aromatic carbocycles. The monoisotopic (exact) mass is 535 g/mol. The summed E-state index contributed by atoms with van der Waals surface area (Å²) in [4.78, 5) is 17.7. The van der Waals surface area contributed by atoms with Gasteiger partial charge < -0.3 is 0 Å². The van der Waals surface area contributed by atoms with Crippen LogP contribution in [0.2, 0.25) is 0 Å². The highest BCUT2D eigenvalue weighted by molar-refractivity contribution is 9.10. The Morgan fingerprint density at radius 3 is 1.51 bits per heavy atom. The maximum Gasteiger partial charge on any atom is 0.418 e. The summed E-state index contributed by atoms with van der Waals surface area (Å²) in [7, 11) is 0. The Morgan fingerprint density at radius 2 is 1.09 bits per heavy atom. The molecule has 1 unspecified atom stereocenters. The first-order valence-electron chi connectivity index (χ1n) is 10.9. The van der Waals surface area contributed by atoms with Gasteiger partial charge in [-0.2, -0.15) is 13.2 Å². The molecule has 0 heterocycles. The van der Waals surface area contributed by atoms with E-state index < -0.39 is 23.9 Å². The molecule has 2 nitrogen and oxygen atoms in total. The van der Waals surface area contributed by atoms with Crippen molar-refractivity contribution in [3.8, 4) is 0 Å². The summed E-state index contributed by atoms with van der Waals surface area (Å²) in [6.45, 7) is 0. The van der Waals surface area contributed by atoms with E-state index in [9.17, 15) is 4.79 Å². The molecular weight excluding hydrogens is 515 g/mol. The molecule has 0 aromatic heterocycles. The van der Waals surface area contributed by atoms with Gasteiger partial charge in [-0.15, -0.1) is 0 Å². The van der Waals surface area contributed by atoms with Gasteiger partial charge in [-0.1, -0.05) is 119 Å². The van der Waals surface area contributed by atoms with Gasteiger partial charge in [0.2, 0.25) is 0 Å². The summed E-state index contributed by atoms with van der Waals surface area (Å²) in [5.74, 6) is -0.643. The van der Waals surface area contributed by atoms with Crippen LogP contribution in [0.3, 0.4) is 0 Å². The second-order valence-electron chi connectivity index (χ2n) is 8.02. The third-order valence-corrected chi connectivity index (χ3v) is 6.23. The molecule has 1 atom stereocenters. The number of Topliss-reactive ketones (excluding diaryl/α,β-unsaturated/α-hetero) is 1. The zero-order valence-electron chi connectivity index (χ0n) is 18.5. The van der Waals surface area contributed by atoms with E-state index in [-0.39, 0.29) is 16.8 Å². The summed E-state index contributed by atoms with van der Waals surface area (Å²) >= 11 is 3.29. The summed E-state index contributed by atoms with van der Waals surface area (Å²) < 4.78 is 46.1. The number of rotatable bonds is 7. The van der Waals surface area contributed by atoms with Gasteiger partial charge in [-0.3, -0.25) is 9.79 Å². The number of carbonyl (C=O) groups excluding carboxylic acids is 1. The van der Waals surface area contributed by atoms with E-state index >= 15 is 13.2 Å². The Balaban J connectivity index is 2.00. The molecule has 0 bridgehead atoms. The van der Waals surface area contributed by atoms with Crippen molar-refractivity contribution >= 4 is 27.4 Å². The Kier molecular flexibility index (Phi) is 7.31. The largest absolute Gasteiger partial charge is 0.418 e. The predicted molar refractivity (Wildman–Crippen MR) is 136 cm³/mol. The fourth-order valence-electron chi connectivity index (χ4n) is 3.90. The van der Waals surface area contributed by atoms with E-state index in [2.05, 4.69) is 20.9 Å². The van der Waals surface area contributed by atoms with Crippen LogP contribution in [-0.2, 0) is 5.54 Å². The molecule has 0 N–H and O–H groups in total. The predicted octanol–water partition coefficient (Wildman–Crippen LogP) is 8.02. The van der Waals surface area contributed by atoms with Crippen LogP contribution in [-0.4, -0.2) is 17.7 Å². The lowest BCUT2D eigenvalue weighted by Crippen LogP contribution is -2.43. The molecule has 0 aliphatic rings. The highest BCUT2D eigenvalue weighted by atomic mass is 79.9. The van der Waals surface area contributed by atoms with Crippen LogP contribution in [0.1, 0.15) is 33.5 Å². The topological polar surface area (TPSA) is 29.4 Å². The second kappa shape index (κ2) is 10.4. The first kappa shape index (κ1) is 24.6. The molecule has 0 radical (unpaired) electrons. The smallest absolute Gasteiger partial charge is 0.294 e. The SMILES string of the molecule is O=C(CC(N=C(c1ccccc1)c1ccccc1)(c1ccc(Br)cc1)C(F)(F)F)c1ccccc1. The highest BCUT2D eigenvalue weighted by Crippen LogP contribution is 2.47. The Hall–Kier alpha value is -3.51. The number of carbonyl (C=O) groups is 1. The third-order valence-electron chi connectivity index (χ3n) is 5.70. The van der Waals surface area contributed by atoms with Crippen molar-refractivity contribution in [2.45, 2.75) is 18.1 Å². The van der Waals surface area contributed by atoms with Crippen LogP contribution in [0.25, 0.3) is 0 Å². The van der Waals surface area contributed by atoms with Crippen molar-refractivity contribution in [3.05, 3.63) is 142 Å². The lowest BCUT2D eigenvalue weighted by Gasteiger charge is -2.33. The van der Waals surface area contributed by atoms with Gasteiger partial charge in [0, 0.05) is 27.6 Å². The van der Waals surface area contributed by atoms with E-state index in [1.54, 1.807) is 78.9 Å². The lowest BCUT2D eigenvalue weighted by molar-refractivity contribution is -0.187. The van der Waals surface area contributed by atoms with E-state index in [0.29, 0.717) is 15.6 Å². The molecule has 4 rings (SSSR count). The van der Waals surface area contributed by atoms with Gasteiger partial charge >= 0.3 is 6.18 Å². The maximum absolute atomic E-state index is 15.2. The number of hydrogen-bond acceptors (Lipinski definition) is 2. The van der Waals surface area contributed by atoms with Crippen molar-refractivity contribution in [3.63, 3.8) is 0 Å². The number of halogens is 4. The van der Waals surface area contributed by atoms with Gasteiger partial charge in [0.05, 0.1) is 5.71 Å². The van der Waals surface area contributed by atoms with Crippen LogP contribution in [0.5, 0.6) is 0 Å². The van der Waals surface area contributed by atoms with Crippen molar-refractivity contribution < 1.29 is 18.0 Å². The minimum Gasteiger partial charge on any atom is -0.294 e. The molecule has 0 aliphatic heterocycles. The molecule has 0 spiro atoms. The van der Waals surface area contributed by atoms with Crippen LogP contribution in [0.4, 0.5) is 13.2 Å². The third kappa shape index (κ3) is 5.43. The Bertz CT molecular complexity index is 1260. The van der Waals surface area contributed by atoms with Crippen molar-refractivity contribution in [1.29, 1.82) is 0 Å². The molecule has 0 fully saturated rings. The highest BCUT2D eigenvalue weighted by Gasteiger charge is 2.57. The molecular formula is C29H21BrF3NO. The summed E-state index contributed by atoms with van der Waals surface area (Å²) in [5.41, 5.74) is -1.50. The van der Waals surface area contributed by atoms with Crippen LogP contribution in [0, 0.1) is 0 Å². The summed E-state index contributed by atoms with van der Waals surface area (Å²) in [6, 6.07) is 31.2. The standard InChI is InChI=1S/C29H21BrF3NO/c30-25-18-16-24(17-19-25)28(29(31,32)33,20-26(35)21-10-4-1-5-11-21)34-27(22-12-6-2-7-13-22)23-14-8-3-9-15-23/h1-19H,20H2. The van der Waals surface area contributed by atoms with Gasteiger partial charge in [0.15, 0.2) is 11.3 Å². The van der Waals surface area contributed by atoms with Gasteiger partial charge in [0.25, 0.3) is 0 Å². The zero-order chi connectivity index (χ0) is 24.9. The number of hydrogen-bond donors (Lipinski definition) is 0. The molecule has 0 aliphatic carbocycles. The number of alkyl halides is 3. The van der Waals surface area contributed by atoms with E-state index in [1.807, 2.05) is 0 Å². The summed E-state index contributed by atoms with van der Waals surface area (Å²) in [5, 5.41) is 0. The molecule has 6 heteroatoms. The molecule has 0 saturated carbocycles. The van der Waals surface area contributed by atoms with E-state index in [4.69, 9.17) is 0 Å². The first-order valence-corrected chi connectivity index (χ1v) is 11.7. The average Bonchev–Trinajstić information content (AvgIpc) is 2.88. The van der Waals surface area contributed by atoms with Crippen LogP contribution in [0.15, 0.2) is 125 Å². The van der Waals surface area contributed by atoms with Crippen molar-refractivity contribution in [2.75, 3.05) is 0 Å². The second-order valence-corrected chi connectivity index (χ2v) is 8.94.